The Hall–Kier alpha value is -0.920. The summed E-state index contributed by atoms with van der Waals surface area (Å²) in [4.78, 5) is 11.2. The van der Waals surface area contributed by atoms with E-state index < -0.39 is 16.0 Å². The number of aliphatic carboxylic acids is 1. The number of aryl methyl sites for hydroxylation is 1. The molecule has 90 valence electrons. The second kappa shape index (κ2) is 5.42. The van der Waals surface area contributed by atoms with Crippen LogP contribution in [-0.2, 0) is 21.2 Å². The lowest BCUT2D eigenvalue weighted by molar-refractivity contribution is -0.136. The van der Waals surface area contributed by atoms with Crippen molar-refractivity contribution in [2.45, 2.75) is 24.0 Å². The molecule has 0 saturated carbocycles. The Bertz CT molecular complexity index is 464. The van der Waals surface area contributed by atoms with Crippen LogP contribution in [0.1, 0.15) is 18.2 Å². The summed E-state index contributed by atoms with van der Waals surface area (Å²) < 4.78 is 25.8. The number of thiophene rings is 1. The fraction of sp³-hybridized carbons (Fsp3) is 0.444. The van der Waals surface area contributed by atoms with Gasteiger partial charge in [-0.25, -0.2) is 13.1 Å². The first kappa shape index (κ1) is 13.1. The van der Waals surface area contributed by atoms with Crippen LogP contribution in [0.4, 0.5) is 0 Å². The van der Waals surface area contributed by atoms with E-state index in [9.17, 15) is 13.2 Å². The topological polar surface area (TPSA) is 83.5 Å². The molecule has 1 heterocycles. The molecule has 16 heavy (non-hydrogen) atoms. The van der Waals surface area contributed by atoms with Gasteiger partial charge < -0.3 is 5.11 Å². The SMILES string of the molecule is CCc1ccc(S(=O)(=O)NCCC(=O)O)s1. The van der Waals surface area contributed by atoms with Gasteiger partial charge in [0.05, 0.1) is 6.42 Å². The Balaban J connectivity index is 2.66. The van der Waals surface area contributed by atoms with Gasteiger partial charge in [-0.2, -0.15) is 0 Å². The quantitative estimate of drug-likeness (QED) is 0.804. The Morgan fingerprint density at radius 1 is 1.50 bits per heavy atom. The van der Waals surface area contributed by atoms with Crippen LogP contribution in [0, 0.1) is 0 Å². The third-order valence-electron chi connectivity index (χ3n) is 1.88. The number of nitrogens with one attached hydrogen (secondary N) is 1. The fourth-order valence-corrected chi connectivity index (χ4v) is 3.43. The molecule has 0 bridgehead atoms. The lowest BCUT2D eigenvalue weighted by Crippen LogP contribution is -2.25. The maximum Gasteiger partial charge on any atom is 0.304 e. The summed E-state index contributed by atoms with van der Waals surface area (Å²) in [5.41, 5.74) is 0. The molecule has 1 aromatic heterocycles. The van der Waals surface area contributed by atoms with Crippen LogP contribution < -0.4 is 4.72 Å². The van der Waals surface area contributed by atoms with Gasteiger partial charge in [0.2, 0.25) is 10.0 Å². The normalized spacial score (nSPS) is 11.6. The van der Waals surface area contributed by atoms with Gasteiger partial charge in [-0.3, -0.25) is 4.79 Å². The third kappa shape index (κ3) is 3.58. The van der Waals surface area contributed by atoms with Crippen LogP contribution in [0.5, 0.6) is 0 Å². The molecule has 0 atom stereocenters. The lowest BCUT2D eigenvalue weighted by atomic mass is 10.4. The zero-order chi connectivity index (χ0) is 12.2. The molecule has 7 heteroatoms. The highest BCUT2D eigenvalue weighted by Crippen LogP contribution is 2.21. The summed E-state index contributed by atoms with van der Waals surface area (Å²) >= 11 is 1.20. The molecule has 5 nitrogen and oxygen atoms in total. The van der Waals surface area contributed by atoms with Crippen LogP contribution in [0.3, 0.4) is 0 Å². The van der Waals surface area contributed by atoms with Gasteiger partial charge in [0.1, 0.15) is 4.21 Å². The molecule has 0 fully saturated rings. The van der Waals surface area contributed by atoms with Gasteiger partial charge in [0.15, 0.2) is 0 Å². The summed E-state index contributed by atoms with van der Waals surface area (Å²) in [6, 6.07) is 3.29. The van der Waals surface area contributed by atoms with E-state index in [1.807, 2.05) is 6.92 Å². The van der Waals surface area contributed by atoms with Gasteiger partial charge in [-0.15, -0.1) is 11.3 Å². The number of hydrogen-bond donors (Lipinski definition) is 2. The van der Waals surface area contributed by atoms with Gasteiger partial charge in [-0.05, 0) is 18.6 Å². The number of rotatable bonds is 6. The van der Waals surface area contributed by atoms with Gasteiger partial charge >= 0.3 is 5.97 Å². The van der Waals surface area contributed by atoms with E-state index in [1.165, 1.54) is 17.4 Å². The standard InChI is InChI=1S/C9H13NO4S2/c1-2-7-3-4-9(15-7)16(13,14)10-6-5-8(11)12/h3-4,10H,2,5-6H2,1H3,(H,11,12). The molecule has 0 spiro atoms. The second-order valence-corrected chi connectivity index (χ2v) is 6.28. The molecule has 2 N–H and O–H groups in total. The minimum Gasteiger partial charge on any atom is -0.481 e. The van der Waals surface area contributed by atoms with Crippen LogP contribution in [0.15, 0.2) is 16.3 Å². The summed E-state index contributed by atoms with van der Waals surface area (Å²) in [6.45, 7) is 1.86. The zero-order valence-electron chi connectivity index (χ0n) is 8.76. The fourth-order valence-electron chi connectivity index (χ4n) is 1.06. The predicted octanol–water partition coefficient (Wildman–Crippen LogP) is 1.06. The summed E-state index contributed by atoms with van der Waals surface area (Å²) in [5.74, 6) is -1.02. The highest BCUT2D eigenvalue weighted by Gasteiger charge is 2.16. The first-order chi connectivity index (χ1) is 7.45. The Kier molecular flexibility index (Phi) is 4.45. The van der Waals surface area contributed by atoms with Crippen LogP contribution in [-0.4, -0.2) is 26.0 Å². The Labute approximate surface area is 98.2 Å². The number of carbonyl (C=O) groups is 1. The van der Waals surface area contributed by atoms with E-state index in [0.717, 1.165) is 11.3 Å². The van der Waals surface area contributed by atoms with Crippen LogP contribution >= 0.6 is 11.3 Å². The molecule has 0 unspecified atom stereocenters. The van der Waals surface area contributed by atoms with E-state index in [2.05, 4.69) is 4.72 Å². The van der Waals surface area contributed by atoms with E-state index in [1.54, 1.807) is 6.07 Å². The van der Waals surface area contributed by atoms with E-state index in [4.69, 9.17) is 5.11 Å². The van der Waals surface area contributed by atoms with Crippen molar-refractivity contribution in [1.82, 2.24) is 4.72 Å². The third-order valence-corrected chi connectivity index (χ3v) is 5.06. The number of carboxylic acids is 1. The predicted molar refractivity (Wildman–Crippen MR) is 61.1 cm³/mol. The molecule has 0 aliphatic rings. The van der Waals surface area contributed by atoms with Crippen molar-refractivity contribution in [3.63, 3.8) is 0 Å². The number of carboxylic acid groups (broad SMARTS) is 1. The van der Waals surface area contributed by atoms with Crippen LogP contribution in [0.2, 0.25) is 0 Å². The van der Waals surface area contributed by atoms with Crippen molar-refractivity contribution in [2.24, 2.45) is 0 Å². The first-order valence-corrected chi connectivity index (χ1v) is 7.06. The summed E-state index contributed by atoms with van der Waals surface area (Å²) in [6.07, 6.45) is 0.570. The molecule has 0 aliphatic heterocycles. The average Bonchev–Trinajstić information content (AvgIpc) is 2.65. The molecule has 0 saturated heterocycles. The minimum atomic E-state index is -3.54. The van der Waals surface area contributed by atoms with Crippen molar-refractivity contribution in [3.05, 3.63) is 17.0 Å². The second-order valence-electron chi connectivity index (χ2n) is 3.12. The zero-order valence-corrected chi connectivity index (χ0v) is 10.4. The number of hydrogen-bond acceptors (Lipinski definition) is 4. The molecule has 0 aliphatic carbocycles. The Morgan fingerprint density at radius 2 is 2.19 bits per heavy atom. The first-order valence-electron chi connectivity index (χ1n) is 4.76. The molecule has 0 radical (unpaired) electrons. The summed E-state index contributed by atoms with van der Waals surface area (Å²) in [7, 11) is -3.54. The highest BCUT2D eigenvalue weighted by molar-refractivity contribution is 7.91. The number of sulfonamides is 1. The lowest BCUT2D eigenvalue weighted by Gasteiger charge is -2.02. The van der Waals surface area contributed by atoms with E-state index in [-0.39, 0.29) is 17.2 Å². The van der Waals surface area contributed by atoms with Gasteiger partial charge in [0, 0.05) is 11.4 Å². The molecule has 1 aromatic rings. The van der Waals surface area contributed by atoms with Crippen molar-refractivity contribution >= 4 is 27.3 Å². The molecule has 0 amide bonds. The van der Waals surface area contributed by atoms with E-state index >= 15 is 0 Å². The Morgan fingerprint density at radius 3 is 2.69 bits per heavy atom. The van der Waals surface area contributed by atoms with Crippen molar-refractivity contribution in [3.8, 4) is 0 Å². The van der Waals surface area contributed by atoms with Gasteiger partial charge in [-0.1, -0.05) is 6.92 Å². The van der Waals surface area contributed by atoms with E-state index in [0.29, 0.717) is 0 Å². The maximum atomic E-state index is 11.6. The molecular weight excluding hydrogens is 250 g/mol. The average molecular weight is 263 g/mol. The van der Waals surface area contributed by atoms with Crippen LogP contribution in [0.25, 0.3) is 0 Å². The van der Waals surface area contributed by atoms with Crippen molar-refractivity contribution in [1.29, 1.82) is 0 Å². The molecule has 0 aromatic carbocycles. The molecule has 1 rings (SSSR count). The van der Waals surface area contributed by atoms with Crippen molar-refractivity contribution in [2.75, 3.05) is 6.54 Å². The van der Waals surface area contributed by atoms with Gasteiger partial charge in [0.25, 0.3) is 0 Å². The smallest absolute Gasteiger partial charge is 0.304 e. The largest absolute Gasteiger partial charge is 0.481 e. The maximum absolute atomic E-state index is 11.6. The molecular formula is C9H13NO4S2. The highest BCUT2D eigenvalue weighted by atomic mass is 32.2. The minimum absolute atomic E-state index is 0.0863. The van der Waals surface area contributed by atoms with Crippen molar-refractivity contribution < 1.29 is 18.3 Å². The summed E-state index contributed by atoms with van der Waals surface area (Å²) in [5, 5.41) is 8.39. The monoisotopic (exact) mass is 263 g/mol.